The second kappa shape index (κ2) is 5.09. The Labute approximate surface area is 97.7 Å². The smallest absolute Gasteiger partial charge is 0.443 e. The van der Waals surface area contributed by atoms with Crippen molar-refractivity contribution < 1.29 is 14.4 Å². The first-order valence-electron chi connectivity index (χ1n) is 5.54. The van der Waals surface area contributed by atoms with Crippen molar-refractivity contribution in [1.29, 1.82) is 0 Å². The van der Waals surface area contributed by atoms with Crippen molar-refractivity contribution in [1.82, 2.24) is 14.8 Å². The van der Waals surface area contributed by atoms with E-state index in [4.69, 9.17) is 9.47 Å². The maximum atomic E-state index is 10.4. The van der Waals surface area contributed by atoms with Gasteiger partial charge in [-0.05, 0) is 16.3 Å². The first-order chi connectivity index (χ1) is 8.20. The lowest BCUT2D eigenvalue weighted by Crippen LogP contribution is -2.22. The molecule has 0 unspecified atom stereocenters. The van der Waals surface area contributed by atoms with Crippen molar-refractivity contribution in [2.45, 2.75) is 32.4 Å². The summed E-state index contributed by atoms with van der Waals surface area (Å²) in [5.41, 5.74) is 0. The molecule has 17 heavy (non-hydrogen) atoms. The summed E-state index contributed by atoms with van der Waals surface area (Å²) in [5, 5.41) is 14.1. The quantitative estimate of drug-likeness (QED) is 0.415. The molecule has 0 N–H and O–H groups in total. The summed E-state index contributed by atoms with van der Waals surface area (Å²) in [4.78, 5) is 13.4. The summed E-state index contributed by atoms with van der Waals surface area (Å²) in [6.45, 7) is 3.70. The molecule has 1 atom stereocenters. The molecular formula is C9H14N4O4. The van der Waals surface area contributed by atoms with E-state index in [2.05, 4.69) is 17.0 Å². The maximum Gasteiger partial charge on any atom is 0.494 e. The van der Waals surface area contributed by atoms with E-state index in [-0.39, 0.29) is 12.1 Å². The molecule has 1 aromatic heterocycles. The van der Waals surface area contributed by atoms with Crippen LogP contribution in [-0.2, 0) is 11.3 Å². The van der Waals surface area contributed by atoms with Gasteiger partial charge in [0.05, 0.1) is 6.61 Å². The molecule has 1 aliphatic heterocycles. The van der Waals surface area contributed by atoms with Crippen molar-refractivity contribution in [3.8, 4) is 6.01 Å². The Hall–Kier alpha value is -1.70. The molecular weight excluding hydrogens is 228 g/mol. The van der Waals surface area contributed by atoms with Crippen LogP contribution in [0.1, 0.15) is 19.8 Å². The van der Waals surface area contributed by atoms with Crippen molar-refractivity contribution in [2.75, 3.05) is 13.2 Å². The van der Waals surface area contributed by atoms with E-state index in [1.165, 1.54) is 4.68 Å². The van der Waals surface area contributed by atoms with Crippen LogP contribution in [0, 0.1) is 10.1 Å². The lowest BCUT2D eigenvalue weighted by atomic mass is 10.3. The van der Waals surface area contributed by atoms with Gasteiger partial charge in [0.25, 0.3) is 0 Å². The molecule has 2 heterocycles. The minimum atomic E-state index is -0.637. The van der Waals surface area contributed by atoms with Crippen molar-refractivity contribution in [2.24, 2.45) is 0 Å². The highest BCUT2D eigenvalue weighted by molar-refractivity contribution is 5.11. The average Bonchev–Trinajstić information content (AvgIpc) is 2.81. The summed E-state index contributed by atoms with van der Waals surface area (Å²) in [6, 6.07) is 0.195. The van der Waals surface area contributed by atoms with E-state index in [0.717, 1.165) is 12.8 Å². The molecule has 0 radical (unpaired) electrons. The Morgan fingerprint density at radius 2 is 2.53 bits per heavy atom. The standard InChI is InChI=1S/C9H14N4O4/c1-2-3-4-16-6-7-5-12-9(17-7)10-8(11-12)13(14)15/h7H,2-6H2,1H3/t7-/m0/s1. The van der Waals surface area contributed by atoms with Gasteiger partial charge >= 0.3 is 12.0 Å². The highest BCUT2D eigenvalue weighted by Gasteiger charge is 2.33. The van der Waals surface area contributed by atoms with Crippen LogP contribution in [0.5, 0.6) is 6.01 Å². The lowest BCUT2D eigenvalue weighted by Gasteiger charge is -2.08. The first kappa shape index (κ1) is 11.8. The summed E-state index contributed by atoms with van der Waals surface area (Å²) < 4.78 is 12.2. The molecule has 8 nitrogen and oxygen atoms in total. The number of nitro groups is 1. The largest absolute Gasteiger partial charge is 0.494 e. The van der Waals surface area contributed by atoms with Crippen molar-refractivity contribution in [3.63, 3.8) is 0 Å². The SMILES string of the molecule is CCCCOC[C@@H]1Cn2nc([N+](=O)[O-])nc2O1. The molecule has 8 heteroatoms. The van der Waals surface area contributed by atoms with Gasteiger partial charge in [-0.2, -0.15) is 0 Å². The Balaban J connectivity index is 1.81. The Bertz CT molecular complexity index is 382. The van der Waals surface area contributed by atoms with Crippen LogP contribution >= 0.6 is 0 Å². The van der Waals surface area contributed by atoms with E-state index >= 15 is 0 Å². The van der Waals surface area contributed by atoms with E-state index < -0.39 is 10.9 Å². The molecule has 0 aromatic carbocycles. The van der Waals surface area contributed by atoms with Gasteiger partial charge in [-0.3, -0.25) is 0 Å². The fourth-order valence-corrected chi connectivity index (χ4v) is 1.53. The Morgan fingerprint density at radius 1 is 1.71 bits per heavy atom. The molecule has 0 saturated carbocycles. The minimum absolute atomic E-state index is 0.150. The second-order valence-electron chi connectivity index (χ2n) is 3.80. The molecule has 0 amide bonds. The van der Waals surface area contributed by atoms with Crippen LogP contribution in [0.2, 0.25) is 0 Å². The molecule has 1 aromatic rings. The molecule has 0 spiro atoms. The predicted octanol–water partition coefficient (Wildman–Crippen LogP) is 0.764. The topological polar surface area (TPSA) is 92.3 Å². The van der Waals surface area contributed by atoms with Gasteiger partial charge in [0.15, 0.2) is 0 Å². The third-order valence-electron chi connectivity index (χ3n) is 2.38. The third-order valence-corrected chi connectivity index (χ3v) is 2.38. The number of fused-ring (bicyclic) bond motifs is 1. The number of unbranched alkanes of at least 4 members (excludes halogenated alkanes) is 1. The van der Waals surface area contributed by atoms with Gasteiger partial charge < -0.3 is 19.6 Å². The van der Waals surface area contributed by atoms with Crippen LogP contribution in [0.15, 0.2) is 0 Å². The van der Waals surface area contributed by atoms with Crippen LogP contribution in [0.4, 0.5) is 5.95 Å². The highest BCUT2D eigenvalue weighted by Crippen LogP contribution is 2.21. The molecule has 1 aliphatic rings. The zero-order chi connectivity index (χ0) is 12.3. The number of hydrogen-bond acceptors (Lipinski definition) is 6. The maximum absolute atomic E-state index is 10.4. The zero-order valence-electron chi connectivity index (χ0n) is 9.53. The Kier molecular flexibility index (Phi) is 3.52. The monoisotopic (exact) mass is 242 g/mol. The summed E-state index contributed by atoms with van der Waals surface area (Å²) in [5.74, 6) is -0.426. The van der Waals surface area contributed by atoms with Gasteiger partial charge in [0.1, 0.15) is 12.6 Å². The molecule has 0 aliphatic carbocycles. The van der Waals surface area contributed by atoms with E-state index in [1.54, 1.807) is 0 Å². The summed E-state index contributed by atoms with van der Waals surface area (Å²) >= 11 is 0. The molecule has 0 saturated heterocycles. The summed E-state index contributed by atoms with van der Waals surface area (Å²) in [6.07, 6.45) is 1.95. The van der Waals surface area contributed by atoms with Gasteiger partial charge in [0.2, 0.25) is 0 Å². The van der Waals surface area contributed by atoms with E-state index in [0.29, 0.717) is 19.8 Å². The lowest BCUT2D eigenvalue weighted by molar-refractivity contribution is -0.394. The number of nitrogens with zero attached hydrogens (tertiary/aromatic N) is 4. The number of rotatable bonds is 6. The fourth-order valence-electron chi connectivity index (χ4n) is 1.53. The fraction of sp³-hybridized carbons (Fsp3) is 0.778. The highest BCUT2D eigenvalue weighted by atomic mass is 16.6. The van der Waals surface area contributed by atoms with Crippen LogP contribution < -0.4 is 4.74 Å². The molecule has 0 bridgehead atoms. The van der Waals surface area contributed by atoms with E-state index in [9.17, 15) is 10.1 Å². The average molecular weight is 242 g/mol. The van der Waals surface area contributed by atoms with Gasteiger partial charge in [-0.1, -0.05) is 13.3 Å². The van der Waals surface area contributed by atoms with Crippen LogP contribution in [-0.4, -0.2) is 39.0 Å². The van der Waals surface area contributed by atoms with Crippen LogP contribution in [0.3, 0.4) is 0 Å². The Morgan fingerprint density at radius 3 is 3.18 bits per heavy atom. The predicted molar refractivity (Wildman–Crippen MR) is 56.8 cm³/mol. The number of aromatic nitrogens is 3. The van der Waals surface area contributed by atoms with Crippen molar-refractivity contribution in [3.05, 3.63) is 10.1 Å². The molecule has 94 valence electrons. The van der Waals surface area contributed by atoms with Crippen LogP contribution in [0.25, 0.3) is 0 Å². The molecule has 2 rings (SSSR count). The molecule has 0 fully saturated rings. The number of ether oxygens (including phenoxy) is 2. The second-order valence-corrected chi connectivity index (χ2v) is 3.80. The third kappa shape index (κ3) is 2.70. The number of hydrogen-bond donors (Lipinski definition) is 0. The zero-order valence-corrected chi connectivity index (χ0v) is 9.53. The van der Waals surface area contributed by atoms with E-state index in [1.807, 2.05) is 0 Å². The minimum Gasteiger partial charge on any atom is -0.443 e. The summed E-state index contributed by atoms with van der Waals surface area (Å²) in [7, 11) is 0. The van der Waals surface area contributed by atoms with Gasteiger partial charge in [-0.25, -0.2) is 0 Å². The first-order valence-corrected chi connectivity index (χ1v) is 5.54. The normalized spacial score (nSPS) is 17.8. The van der Waals surface area contributed by atoms with Gasteiger partial charge in [0, 0.05) is 11.7 Å². The van der Waals surface area contributed by atoms with Gasteiger partial charge in [-0.15, -0.1) is 4.68 Å². The van der Waals surface area contributed by atoms with Crippen molar-refractivity contribution >= 4 is 5.95 Å².